The Labute approximate surface area is 197 Å². The molecule has 3 rings (SSSR count). The molecule has 11 heteroatoms. The zero-order chi connectivity index (χ0) is 24.2. The second-order valence-electron chi connectivity index (χ2n) is 8.73. The lowest BCUT2D eigenvalue weighted by molar-refractivity contribution is -0.130. The lowest BCUT2D eigenvalue weighted by atomic mass is 10.2. The van der Waals surface area contributed by atoms with E-state index in [0.29, 0.717) is 42.8 Å². The number of nitrogens with zero attached hydrogens (tertiary/aromatic N) is 5. The van der Waals surface area contributed by atoms with Crippen molar-refractivity contribution in [1.29, 1.82) is 0 Å². The zero-order valence-electron chi connectivity index (χ0n) is 19.6. The maximum Gasteiger partial charge on any atom is 0.410 e. The fraction of sp³-hybridized carbons (Fsp3) is 0.500. The van der Waals surface area contributed by atoms with Crippen molar-refractivity contribution in [3.8, 4) is 5.69 Å². The summed E-state index contributed by atoms with van der Waals surface area (Å²) >= 11 is 1.30. The first-order chi connectivity index (χ1) is 15.5. The number of aromatic nitrogens is 3. The molecule has 0 bridgehead atoms. The van der Waals surface area contributed by atoms with Crippen LogP contribution >= 0.6 is 11.8 Å². The van der Waals surface area contributed by atoms with Gasteiger partial charge in [-0.1, -0.05) is 17.8 Å². The number of carbonyl (C=O) groups is 3. The van der Waals surface area contributed by atoms with E-state index < -0.39 is 5.60 Å². The van der Waals surface area contributed by atoms with E-state index in [1.54, 1.807) is 15.9 Å². The van der Waals surface area contributed by atoms with E-state index in [2.05, 4.69) is 15.5 Å². The number of piperazine rings is 1. The molecular weight excluding hydrogens is 444 g/mol. The number of rotatable bonds is 5. The van der Waals surface area contributed by atoms with E-state index in [4.69, 9.17) is 4.74 Å². The topological polar surface area (TPSA) is 110 Å². The number of ether oxygens (including phenoxy) is 1. The largest absolute Gasteiger partial charge is 0.444 e. The van der Waals surface area contributed by atoms with Gasteiger partial charge in [0.25, 0.3) is 0 Å². The molecule has 0 saturated carbocycles. The Morgan fingerprint density at radius 2 is 1.76 bits per heavy atom. The Hall–Kier alpha value is -3.08. The molecule has 178 valence electrons. The molecule has 2 heterocycles. The molecule has 1 saturated heterocycles. The van der Waals surface area contributed by atoms with Crippen molar-refractivity contribution in [2.75, 3.05) is 37.2 Å². The number of amides is 3. The molecule has 2 aromatic rings. The zero-order valence-corrected chi connectivity index (χ0v) is 20.4. The summed E-state index contributed by atoms with van der Waals surface area (Å²) in [5, 5.41) is 11.7. The van der Waals surface area contributed by atoms with Crippen LogP contribution < -0.4 is 5.32 Å². The molecule has 10 nitrogen and oxygen atoms in total. The van der Waals surface area contributed by atoms with Crippen molar-refractivity contribution in [2.24, 2.45) is 0 Å². The number of aryl methyl sites for hydroxylation is 1. The first kappa shape index (κ1) is 24.6. The third-order valence-corrected chi connectivity index (χ3v) is 5.74. The molecule has 0 unspecified atom stereocenters. The molecule has 1 aromatic carbocycles. The quantitative estimate of drug-likeness (QED) is 0.664. The molecule has 0 radical (unpaired) electrons. The van der Waals surface area contributed by atoms with Gasteiger partial charge < -0.3 is 19.9 Å². The number of hydrogen-bond donors (Lipinski definition) is 1. The number of nitrogens with one attached hydrogen (secondary N) is 1. The van der Waals surface area contributed by atoms with Crippen molar-refractivity contribution >= 4 is 35.4 Å². The fourth-order valence-electron chi connectivity index (χ4n) is 3.34. The lowest BCUT2D eigenvalue weighted by Crippen LogP contribution is -2.52. The van der Waals surface area contributed by atoms with Gasteiger partial charge in [-0.05, 0) is 45.9 Å². The molecule has 0 atom stereocenters. The monoisotopic (exact) mass is 474 g/mol. The van der Waals surface area contributed by atoms with Gasteiger partial charge in [-0.2, -0.15) is 0 Å². The summed E-state index contributed by atoms with van der Waals surface area (Å²) in [6.07, 6.45) is -0.353. The van der Waals surface area contributed by atoms with Crippen LogP contribution in [0.25, 0.3) is 5.69 Å². The number of benzene rings is 1. The molecule has 1 aliphatic heterocycles. The normalized spacial score (nSPS) is 14.2. The molecule has 0 aliphatic carbocycles. The highest BCUT2D eigenvalue weighted by atomic mass is 32.2. The maximum absolute atomic E-state index is 12.8. The van der Waals surface area contributed by atoms with Crippen LogP contribution in [0.2, 0.25) is 0 Å². The molecule has 1 aromatic heterocycles. The summed E-state index contributed by atoms with van der Waals surface area (Å²) in [6.45, 7) is 10.6. The average molecular weight is 475 g/mol. The second kappa shape index (κ2) is 10.2. The Morgan fingerprint density at radius 1 is 1.09 bits per heavy atom. The third-order valence-electron chi connectivity index (χ3n) is 4.83. The second-order valence-corrected chi connectivity index (χ2v) is 9.68. The molecule has 33 heavy (non-hydrogen) atoms. The van der Waals surface area contributed by atoms with E-state index in [0.717, 1.165) is 5.69 Å². The van der Waals surface area contributed by atoms with Gasteiger partial charge in [-0.15, -0.1) is 10.2 Å². The van der Waals surface area contributed by atoms with Crippen LogP contribution in [-0.4, -0.2) is 80.0 Å². The van der Waals surface area contributed by atoms with Gasteiger partial charge in [0, 0.05) is 38.8 Å². The predicted octanol–water partition coefficient (Wildman–Crippen LogP) is 2.71. The van der Waals surface area contributed by atoms with Crippen LogP contribution in [0.1, 0.15) is 33.5 Å². The Balaban J connectivity index is 1.59. The summed E-state index contributed by atoms with van der Waals surface area (Å²) < 4.78 is 7.25. The van der Waals surface area contributed by atoms with Gasteiger partial charge >= 0.3 is 6.09 Å². The molecule has 1 N–H and O–H groups in total. The van der Waals surface area contributed by atoms with Crippen LogP contribution in [-0.2, 0) is 14.3 Å². The summed E-state index contributed by atoms with van der Waals surface area (Å²) in [7, 11) is 0. The summed E-state index contributed by atoms with van der Waals surface area (Å²) in [4.78, 5) is 39.7. The third kappa shape index (κ3) is 6.70. The van der Waals surface area contributed by atoms with Gasteiger partial charge in [0.05, 0.1) is 11.4 Å². The number of anilines is 1. The standard InChI is InChI=1S/C22H30N6O4S/c1-15-24-25-20(28(15)18-8-6-7-17(13-18)23-16(2)29)33-14-19(30)26-9-11-27(12-10-26)21(31)32-22(3,4)5/h6-8,13H,9-12,14H2,1-5H3,(H,23,29). The molecular formula is C22H30N6O4S. The van der Waals surface area contributed by atoms with Gasteiger partial charge in [-0.3, -0.25) is 14.2 Å². The van der Waals surface area contributed by atoms with E-state index in [1.807, 2.05) is 50.5 Å². The summed E-state index contributed by atoms with van der Waals surface area (Å²) in [5.41, 5.74) is 0.920. The van der Waals surface area contributed by atoms with E-state index in [1.165, 1.54) is 18.7 Å². The van der Waals surface area contributed by atoms with Crippen molar-refractivity contribution in [2.45, 2.75) is 45.4 Å². The van der Waals surface area contributed by atoms with Crippen molar-refractivity contribution < 1.29 is 19.1 Å². The highest BCUT2D eigenvalue weighted by molar-refractivity contribution is 7.99. The van der Waals surface area contributed by atoms with Gasteiger partial charge in [0.1, 0.15) is 11.4 Å². The minimum atomic E-state index is -0.545. The van der Waals surface area contributed by atoms with Crippen LogP contribution in [0.4, 0.5) is 10.5 Å². The van der Waals surface area contributed by atoms with Gasteiger partial charge in [0.15, 0.2) is 5.16 Å². The number of thioether (sulfide) groups is 1. The average Bonchev–Trinajstić information content (AvgIpc) is 3.11. The lowest BCUT2D eigenvalue weighted by Gasteiger charge is -2.35. The predicted molar refractivity (Wildman–Crippen MR) is 126 cm³/mol. The van der Waals surface area contributed by atoms with Crippen molar-refractivity contribution in [3.63, 3.8) is 0 Å². The minimum Gasteiger partial charge on any atom is -0.444 e. The van der Waals surface area contributed by atoms with E-state index in [9.17, 15) is 14.4 Å². The Kier molecular flexibility index (Phi) is 7.62. The van der Waals surface area contributed by atoms with Crippen LogP contribution in [0.5, 0.6) is 0 Å². The maximum atomic E-state index is 12.8. The number of carbonyl (C=O) groups excluding carboxylic acids is 3. The van der Waals surface area contributed by atoms with E-state index in [-0.39, 0.29) is 23.7 Å². The Morgan fingerprint density at radius 3 is 2.39 bits per heavy atom. The number of hydrogen-bond acceptors (Lipinski definition) is 7. The Bertz CT molecular complexity index is 1020. The first-order valence-corrected chi connectivity index (χ1v) is 11.7. The minimum absolute atomic E-state index is 0.0250. The van der Waals surface area contributed by atoms with E-state index >= 15 is 0 Å². The highest BCUT2D eigenvalue weighted by Gasteiger charge is 2.28. The van der Waals surface area contributed by atoms with Crippen LogP contribution in [0, 0.1) is 6.92 Å². The smallest absolute Gasteiger partial charge is 0.410 e. The highest BCUT2D eigenvalue weighted by Crippen LogP contribution is 2.24. The van der Waals surface area contributed by atoms with Crippen LogP contribution in [0.3, 0.4) is 0 Å². The SMILES string of the molecule is CC(=O)Nc1cccc(-n2c(C)nnc2SCC(=O)N2CCN(C(=O)OC(C)(C)C)CC2)c1. The van der Waals surface area contributed by atoms with Gasteiger partial charge in [0.2, 0.25) is 11.8 Å². The fourth-order valence-corrected chi connectivity index (χ4v) is 4.24. The van der Waals surface area contributed by atoms with Crippen LogP contribution in [0.15, 0.2) is 29.4 Å². The summed E-state index contributed by atoms with van der Waals surface area (Å²) in [5.74, 6) is 0.703. The van der Waals surface area contributed by atoms with Gasteiger partial charge in [-0.25, -0.2) is 4.79 Å². The first-order valence-electron chi connectivity index (χ1n) is 10.7. The molecule has 1 aliphatic rings. The molecule has 0 spiro atoms. The summed E-state index contributed by atoms with van der Waals surface area (Å²) in [6, 6.07) is 7.37. The molecule has 3 amide bonds. The van der Waals surface area contributed by atoms with Crippen molar-refractivity contribution in [1.82, 2.24) is 24.6 Å². The van der Waals surface area contributed by atoms with Crippen molar-refractivity contribution in [3.05, 3.63) is 30.1 Å². The molecule has 1 fully saturated rings.